The van der Waals surface area contributed by atoms with E-state index in [0.29, 0.717) is 5.69 Å². The van der Waals surface area contributed by atoms with Crippen LogP contribution in [0.3, 0.4) is 0 Å². The standard InChI is InChI=1S/C19H24N6O3/c1-14(22-17-6-5-15(25(27)28)12-16(17)19(20)26)13-23-8-10-24(11-9-23)18-4-2-3-7-21-18/h2-7,12,14,22H,8-11,13H2,1H3,(H2,20,26). The molecule has 2 aromatic rings. The van der Waals surface area contributed by atoms with Gasteiger partial charge in [-0.2, -0.15) is 0 Å². The van der Waals surface area contributed by atoms with Gasteiger partial charge < -0.3 is 16.0 Å². The summed E-state index contributed by atoms with van der Waals surface area (Å²) in [6.07, 6.45) is 1.80. The van der Waals surface area contributed by atoms with Crippen molar-refractivity contribution in [1.29, 1.82) is 0 Å². The van der Waals surface area contributed by atoms with Gasteiger partial charge in [0.25, 0.3) is 11.6 Å². The number of nitrogens with zero attached hydrogens (tertiary/aromatic N) is 4. The molecule has 1 aliphatic rings. The van der Waals surface area contributed by atoms with Crippen LogP contribution >= 0.6 is 0 Å². The molecule has 1 aromatic carbocycles. The second-order valence-corrected chi connectivity index (χ2v) is 6.87. The van der Waals surface area contributed by atoms with Crippen molar-refractivity contribution in [3.05, 3.63) is 58.3 Å². The second-order valence-electron chi connectivity index (χ2n) is 6.87. The second kappa shape index (κ2) is 8.66. The zero-order chi connectivity index (χ0) is 20.1. The molecule has 0 radical (unpaired) electrons. The van der Waals surface area contributed by atoms with Crippen LogP contribution in [0.1, 0.15) is 17.3 Å². The molecule has 148 valence electrons. The summed E-state index contributed by atoms with van der Waals surface area (Å²) in [5.41, 5.74) is 5.87. The summed E-state index contributed by atoms with van der Waals surface area (Å²) in [6, 6.07) is 10.1. The molecule has 1 saturated heterocycles. The lowest BCUT2D eigenvalue weighted by atomic mass is 10.1. The van der Waals surface area contributed by atoms with Gasteiger partial charge in [0.1, 0.15) is 5.82 Å². The minimum absolute atomic E-state index is 0.0426. The van der Waals surface area contributed by atoms with Crippen LogP contribution in [-0.2, 0) is 0 Å². The van der Waals surface area contributed by atoms with Crippen molar-refractivity contribution in [3.63, 3.8) is 0 Å². The number of nitrogens with two attached hydrogens (primary N) is 1. The maximum absolute atomic E-state index is 11.7. The van der Waals surface area contributed by atoms with Gasteiger partial charge in [-0.3, -0.25) is 19.8 Å². The van der Waals surface area contributed by atoms with Crippen LogP contribution < -0.4 is 16.0 Å². The van der Waals surface area contributed by atoms with Crippen molar-refractivity contribution < 1.29 is 9.72 Å². The van der Waals surface area contributed by atoms with E-state index in [1.165, 1.54) is 18.2 Å². The highest BCUT2D eigenvalue weighted by Gasteiger charge is 2.21. The average molecular weight is 384 g/mol. The van der Waals surface area contributed by atoms with E-state index < -0.39 is 10.8 Å². The number of aromatic nitrogens is 1. The highest BCUT2D eigenvalue weighted by Crippen LogP contribution is 2.23. The molecule has 0 bridgehead atoms. The molecule has 3 N–H and O–H groups in total. The molecule has 28 heavy (non-hydrogen) atoms. The van der Waals surface area contributed by atoms with E-state index in [0.717, 1.165) is 38.5 Å². The number of carbonyl (C=O) groups excluding carboxylic acids is 1. The first-order valence-electron chi connectivity index (χ1n) is 9.17. The highest BCUT2D eigenvalue weighted by molar-refractivity contribution is 5.99. The van der Waals surface area contributed by atoms with Gasteiger partial charge in [-0.25, -0.2) is 4.98 Å². The Labute approximate surface area is 163 Å². The Morgan fingerprint density at radius 3 is 2.64 bits per heavy atom. The van der Waals surface area contributed by atoms with Crippen molar-refractivity contribution >= 4 is 23.1 Å². The fourth-order valence-corrected chi connectivity index (χ4v) is 3.37. The molecule has 0 aliphatic carbocycles. The van der Waals surface area contributed by atoms with Crippen LogP contribution in [0.15, 0.2) is 42.6 Å². The van der Waals surface area contributed by atoms with Gasteiger partial charge in [-0.05, 0) is 25.1 Å². The highest BCUT2D eigenvalue weighted by atomic mass is 16.6. The number of carbonyl (C=O) groups is 1. The fourth-order valence-electron chi connectivity index (χ4n) is 3.37. The smallest absolute Gasteiger partial charge is 0.270 e. The third-order valence-electron chi connectivity index (χ3n) is 4.76. The van der Waals surface area contributed by atoms with Crippen molar-refractivity contribution in [1.82, 2.24) is 9.88 Å². The SMILES string of the molecule is CC(CN1CCN(c2ccccn2)CC1)Nc1ccc([N+](=O)[O-])cc1C(N)=O. The van der Waals surface area contributed by atoms with E-state index in [1.54, 1.807) is 6.20 Å². The first-order chi connectivity index (χ1) is 13.4. The number of benzene rings is 1. The van der Waals surface area contributed by atoms with Gasteiger partial charge in [0.15, 0.2) is 0 Å². The predicted octanol–water partition coefficient (Wildman–Crippen LogP) is 1.71. The molecule has 1 unspecified atom stereocenters. The Bertz CT molecular complexity index is 837. The molecule has 0 saturated carbocycles. The topological polar surface area (TPSA) is 118 Å². The van der Waals surface area contributed by atoms with Gasteiger partial charge in [-0.15, -0.1) is 0 Å². The van der Waals surface area contributed by atoms with Crippen LogP contribution in [0.5, 0.6) is 0 Å². The molecule has 2 heterocycles. The van der Waals surface area contributed by atoms with Gasteiger partial charge in [0.2, 0.25) is 0 Å². The number of rotatable bonds is 7. The van der Waals surface area contributed by atoms with Gasteiger partial charge in [-0.1, -0.05) is 6.07 Å². The average Bonchev–Trinajstić information content (AvgIpc) is 2.69. The number of amides is 1. The maximum atomic E-state index is 11.7. The Morgan fingerprint density at radius 1 is 1.29 bits per heavy atom. The van der Waals surface area contributed by atoms with Crippen molar-refractivity contribution in [2.24, 2.45) is 5.73 Å². The lowest BCUT2D eigenvalue weighted by Gasteiger charge is -2.36. The van der Waals surface area contributed by atoms with Crippen molar-refractivity contribution in [3.8, 4) is 0 Å². The van der Waals surface area contributed by atoms with Gasteiger partial charge >= 0.3 is 0 Å². The predicted molar refractivity (Wildman–Crippen MR) is 108 cm³/mol. The first kappa shape index (κ1) is 19.6. The Kier molecular flexibility index (Phi) is 6.05. The minimum Gasteiger partial charge on any atom is -0.381 e. The van der Waals surface area contributed by atoms with Gasteiger partial charge in [0, 0.05) is 62.8 Å². The molecule has 9 nitrogen and oxygen atoms in total. The first-order valence-corrected chi connectivity index (χ1v) is 9.17. The van der Waals surface area contributed by atoms with E-state index in [4.69, 9.17) is 5.73 Å². The zero-order valence-corrected chi connectivity index (χ0v) is 15.7. The summed E-state index contributed by atoms with van der Waals surface area (Å²) in [7, 11) is 0. The lowest BCUT2D eigenvalue weighted by molar-refractivity contribution is -0.384. The monoisotopic (exact) mass is 384 g/mol. The summed E-state index contributed by atoms with van der Waals surface area (Å²) in [4.78, 5) is 31.0. The number of anilines is 2. The van der Waals surface area contributed by atoms with Crippen LogP contribution in [0.2, 0.25) is 0 Å². The van der Waals surface area contributed by atoms with Crippen molar-refractivity contribution in [2.75, 3.05) is 42.9 Å². The van der Waals surface area contributed by atoms with Crippen LogP contribution in [0, 0.1) is 10.1 Å². The van der Waals surface area contributed by atoms with Crippen LogP contribution in [0.4, 0.5) is 17.2 Å². The number of hydrogen-bond acceptors (Lipinski definition) is 7. The lowest BCUT2D eigenvalue weighted by Crippen LogP contribution is -2.49. The summed E-state index contributed by atoms with van der Waals surface area (Å²) < 4.78 is 0. The minimum atomic E-state index is -0.692. The number of non-ortho nitro benzene ring substituents is 1. The number of primary amides is 1. The van der Waals surface area contributed by atoms with E-state index in [-0.39, 0.29) is 17.3 Å². The number of piperazine rings is 1. The molecule has 1 atom stereocenters. The summed E-state index contributed by atoms with van der Waals surface area (Å²) >= 11 is 0. The summed E-state index contributed by atoms with van der Waals surface area (Å²) in [5, 5.41) is 14.2. The molecule has 1 fully saturated rings. The van der Waals surface area contributed by atoms with E-state index in [1.807, 2.05) is 25.1 Å². The third-order valence-corrected chi connectivity index (χ3v) is 4.76. The number of hydrogen-bond donors (Lipinski definition) is 2. The summed E-state index contributed by atoms with van der Waals surface area (Å²) in [6.45, 7) is 6.40. The summed E-state index contributed by atoms with van der Waals surface area (Å²) in [5.74, 6) is 0.299. The zero-order valence-electron chi connectivity index (χ0n) is 15.7. The number of pyridine rings is 1. The van der Waals surface area contributed by atoms with Gasteiger partial charge in [0.05, 0.1) is 10.5 Å². The Hall–Kier alpha value is -3.20. The molecule has 1 aliphatic heterocycles. The van der Waals surface area contributed by atoms with Crippen LogP contribution in [0.25, 0.3) is 0 Å². The number of nitrogens with one attached hydrogen (secondary N) is 1. The van der Waals surface area contributed by atoms with E-state index in [2.05, 4.69) is 20.1 Å². The Morgan fingerprint density at radius 2 is 2.04 bits per heavy atom. The van der Waals surface area contributed by atoms with Crippen LogP contribution in [-0.4, -0.2) is 59.5 Å². The molecule has 3 rings (SSSR count). The molecule has 0 spiro atoms. The largest absolute Gasteiger partial charge is 0.381 e. The normalized spacial score (nSPS) is 15.8. The van der Waals surface area contributed by atoms with E-state index in [9.17, 15) is 14.9 Å². The van der Waals surface area contributed by atoms with Crippen molar-refractivity contribution in [2.45, 2.75) is 13.0 Å². The molecule has 1 aromatic heterocycles. The molecule has 9 heteroatoms. The quantitative estimate of drug-likeness (QED) is 0.551. The Balaban J connectivity index is 1.57. The maximum Gasteiger partial charge on any atom is 0.270 e. The molecular weight excluding hydrogens is 360 g/mol. The molecule has 1 amide bonds. The molecular formula is C19H24N6O3. The van der Waals surface area contributed by atoms with E-state index >= 15 is 0 Å². The number of nitro groups is 1. The number of nitro benzene ring substituents is 1. The fraction of sp³-hybridized carbons (Fsp3) is 0.368. The third kappa shape index (κ3) is 4.74.